The summed E-state index contributed by atoms with van der Waals surface area (Å²) in [5, 5.41) is 18.4. The van der Waals surface area contributed by atoms with Crippen LogP contribution in [0.5, 0.6) is 11.5 Å². The number of nitrogens with two attached hydrogens (primary N) is 1. The van der Waals surface area contributed by atoms with E-state index >= 15 is 0 Å². The molecule has 6 heteroatoms. The van der Waals surface area contributed by atoms with Crippen LogP contribution in [0.4, 0.5) is 0 Å². The van der Waals surface area contributed by atoms with Gasteiger partial charge in [-0.05, 0) is 24.6 Å². The number of ether oxygens (including phenoxy) is 1. The summed E-state index contributed by atoms with van der Waals surface area (Å²) >= 11 is 0. The molecule has 96 valence electrons. The summed E-state index contributed by atoms with van der Waals surface area (Å²) in [7, 11) is 1.27. The van der Waals surface area contributed by atoms with Crippen molar-refractivity contribution in [2.24, 2.45) is 5.73 Å². The number of rotatable bonds is 3. The van der Waals surface area contributed by atoms with Crippen LogP contribution in [0.3, 0.4) is 0 Å². The fourth-order valence-electron chi connectivity index (χ4n) is 1.41. The van der Waals surface area contributed by atoms with Gasteiger partial charge < -0.3 is 20.7 Å². The van der Waals surface area contributed by atoms with Gasteiger partial charge in [0.1, 0.15) is 5.54 Å². The maximum atomic E-state index is 11.3. The fourth-order valence-corrected chi connectivity index (χ4v) is 1.41. The zero-order valence-electron chi connectivity index (χ0n) is 9.64. The van der Waals surface area contributed by atoms with Crippen LogP contribution in [0.15, 0.2) is 18.2 Å². The summed E-state index contributed by atoms with van der Waals surface area (Å²) in [6, 6.07) is 4.30. The van der Waals surface area contributed by atoms with E-state index in [2.05, 4.69) is 4.74 Å². The third-order valence-corrected chi connectivity index (χ3v) is 2.26. The van der Waals surface area contributed by atoms with Crippen LogP contribution >= 0.6 is 12.4 Å². The SMILES string of the molecule is COC(=O)C(C)(N)Cc1ccc(O)c(O)c1.Cl. The zero-order valence-corrected chi connectivity index (χ0v) is 10.5. The van der Waals surface area contributed by atoms with Crippen molar-refractivity contribution in [1.82, 2.24) is 0 Å². The van der Waals surface area contributed by atoms with Gasteiger partial charge in [0.25, 0.3) is 0 Å². The molecule has 0 fully saturated rings. The Bertz CT molecular complexity index is 406. The lowest BCUT2D eigenvalue weighted by atomic mass is 9.94. The lowest BCUT2D eigenvalue weighted by molar-refractivity contribution is -0.146. The molecule has 1 atom stereocenters. The van der Waals surface area contributed by atoms with Crippen molar-refractivity contribution in [3.63, 3.8) is 0 Å². The van der Waals surface area contributed by atoms with Gasteiger partial charge in [0.15, 0.2) is 11.5 Å². The molecule has 0 radical (unpaired) electrons. The molecule has 0 aromatic heterocycles. The molecule has 0 heterocycles. The molecule has 1 unspecified atom stereocenters. The summed E-state index contributed by atoms with van der Waals surface area (Å²) in [5.41, 5.74) is 5.26. The monoisotopic (exact) mass is 261 g/mol. The van der Waals surface area contributed by atoms with E-state index < -0.39 is 11.5 Å². The van der Waals surface area contributed by atoms with Crippen molar-refractivity contribution in [1.29, 1.82) is 0 Å². The van der Waals surface area contributed by atoms with Gasteiger partial charge in [0, 0.05) is 6.42 Å². The van der Waals surface area contributed by atoms with Crippen molar-refractivity contribution in [2.45, 2.75) is 18.9 Å². The molecule has 0 amide bonds. The number of hydrogen-bond donors (Lipinski definition) is 3. The highest BCUT2D eigenvalue weighted by Crippen LogP contribution is 2.26. The van der Waals surface area contributed by atoms with E-state index in [9.17, 15) is 9.90 Å². The normalized spacial score (nSPS) is 13.4. The number of carbonyl (C=O) groups excluding carboxylic acids is 1. The number of phenolic OH excluding ortho intramolecular Hbond substituents is 2. The first kappa shape index (κ1) is 15.5. The van der Waals surface area contributed by atoms with Crippen LogP contribution in [-0.2, 0) is 16.0 Å². The highest BCUT2D eigenvalue weighted by molar-refractivity contribution is 5.85. The van der Waals surface area contributed by atoms with Crippen molar-refractivity contribution in [3.05, 3.63) is 23.8 Å². The van der Waals surface area contributed by atoms with Gasteiger partial charge in [-0.2, -0.15) is 0 Å². The van der Waals surface area contributed by atoms with E-state index in [0.717, 1.165) is 0 Å². The molecule has 17 heavy (non-hydrogen) atoms. The minimum atomic E-state index is -1.15. The second kappa shape index (κ2) is 5.75. The predicted octanol–water partition coefficient (Wildman–Crippen LogP) is 0.952. The van der Waals surface area contributed by atoms with E-state index in [4.69, 9.17) is 10.8 Å². The van der Waals surface area contributed by atoms with E-state index in [1.165, 1.54) is 19.2 Å². The number of carbonyl (C=O) groups is 1. The minimum absolute atomic E-state index is 0. The van der Waals surface area contributed by atoms with E-state index in [1.54, 1.807) is 13.0 Å². The largest absolute Gasteiger partial charge is 0.504 e. The van der Waals surface area contributed by atoms with Crippen LogP contribution < -0.4 is 5.73 Å². The summed E-state index contributed by atoms with van der Waals surface area (Å²) in [6.45, 7) is 1.54. The van der Waals surface area contributed by atoms with Crippen molar-refractivity contribution >= 4 is 18.4 Å². The van der Waals surface area contributed by atoms with Gasteiger partial charge in [-0.25, -0.2) is 0 Å². The van der Waals surface area contributed by atoms with Crippen molar-refractivity contribution in [3.8, 4) is 11.5 Å². The molecule has 4 N–H and O–H groups in total. The topological polar surface area (TPSA) is 92.8 Å². The number of hydrogen-bond acceptors (Lipinski definition) is 5. The molecular weight excluding hydrogens is 246 g/mol. The number of phenols is 2. The standard InChI is InChI=1S/C11H15NO4.ClH/c1-11(12,10(15)16-2)6-7-3-4-8(13)9(14)5-7;/h3-5,13-14H,6,12H2,1-2H3;1H. The van der Waals surface area contributed by atoms with Crippen LogP contribution in [0.25, 0.3) is 0 Å². The molecule has 1 aromatic carbocycles. The van der Waals surface area contributed by atoms with Crippen molar-refractivity contribution < 1.29 is 19.7 Å². The first-order chi connectivity index (χ1) is 7.36. The quantitative estimate of drug-likeness (QED) is 0.557. The average molecular weight is 262 g/mol. The summed E-state index contributed by atoms with van der Waals surface area (Å²) in [4.78, 5) is 11.3. The smallest absolute Gasteiger partial charge is 0.325 e. The molecule has 0 aliphatic carbocycles. The minimum Gasteiger partial charge on any atom is -0.504 e. The summed E-state index contributed by atoms with van der Waals surface area (Å²) in [5.74, 6) is -0.973. The molecule has 0 aliphatic heterocycles. The lowest BCUT2D eigenvalue weighted by Gasteiger charge is -2.21. The van der Waals surface area contributed by atoms with Crippen LogP contribution in [-0.4, -0.2) is 28.8 Å². The number of esters is 1. The Hall–Kier alpha value is -1.46. The second-order valence-corrected chi connectivity index (χ2v) is 3.91. The number of halogens is 1. The van der Waals surface area contributed by atoms with E-state index in [-0.39, 0.29) is 30.3 Å². The van der Waals surface area contributed by atoms with Gasteiger partial charge in [-0.1, -0.05) is 6.07 Å². The van der Waals surface area contributed by atoms with E-state index in [1.807, 2.05) is 0 Å². The maximum Gasteiger partial charge on any atom is 0.325 e. The first-order valence-electron chi connectivity index (χ1n) is 4.75. The Morgan fingerprint density at radius 2 is 2.00 bits per heavy atom. The Morgan fingerprint density at radius 3 is 2.47 bits per heavy atom. The Balaban J connectivity index is 0.00000256. The fraction of sp³-hybridized carbons (Fsp3) is 0.364. The van der Waals surface area contributed by atoms with Gasteiger partial charge in [0.05, 0.1) is 7.11 Å². The second-order valence-electron chi connectivity index (χ2n) is 3.91. The summed E-state index contributed by atoms with van der Waals surface area (Å²) in [6.07, 6.45) is 0.216. The maximum absolute atomic E-state index is 11.3. The molecular formula is C11H16ClNO4. The molecule has 0 saturated carbocycles. The molecule has 0 saturated heterocycles. The Morgan fingerprint density at radius 1 is 1.41 bits per heavy atom. The van der Waals surface area contributed by atoms with Gasteiger partial charge in [0.2, 0.25) is 0 Å². The van der Waals surface area contributed by atoms with Crippen LogP contribution in [0.2, 0.25) is 0 Å². The molecule has 0 aliphatic rings. The van der Waals surface area contributed by atoms with E-state index in [0.29, 0.717) is 5.56 Å². The highest BCUT2D eigenvalue weighted by atomic mass is 35.5. The molecule has 1 aromatic rings. The molecule has 0 bridgehead atoms. The Kier molecular flexibility index (Phi) is 5.25. The third-order valence-electron chi connectivity index (χ3n) is 2.26. The summed E-state index contributed by atoms with van der Waals surface area (Å²) < 4.78 is 4.57. The lowest BCUT2D eigenvalue weighted by Crippen LogP contribution is -2.47. The van der Waals surface area contributed by atoms with Crippen LogP contribution in [0.1, 0.15) is 12.5 Å². The number of benzene rings is 1. The Labute approximate surface area is 106 Å². The van der Waals surface area contributed by atoms with Crippen molar-refractivity contribution in [2.75, 3.05) is 7.11 Å². The van der Waals surface area contributed by atoms with Gasteiger partial charge in [-0.15, -0.1) is 12.4 Å². The van der Waals surface area contributed by atoms with Gasteiger partial charge >= 0.3 is 5.97 Å². The van der Waals surface area contributed by atoms with Crippen LogP contribution in [0, 0.1) is 0 Å². The first-order valence-corrected chi connectivity index (χ1v) is 4.75. The predicted molar refractivity (Wildman–Crippen MR) is 65.3 cm³/mol. The molecule has 5 nitrogen and oxygen atoms in total. The molecule has 1 rings (SSSR count). The number of aromatic hydroxyl groups is 2. The average Bonchev–Trinajstić information content (AvgIpc) is 2.22. The molecule has 0 spiro atoms. The van der Waals surface area contributed by atoms with Gasteiger partial charge in [-0.3, -0.25) is 4.79 Å². The third kappa shape index (κ3) is 3.80. The zero-order chi connectivity index (χ0) is 12.3. The number of methoxy groups -OCH3 is 1. The highest BCUT2D eigenvalue weighted by Gasteiger charge is 2.29.